The Morgan fingerprint density at radius 3 is 2.38 bits per heavy atom. The van der Waals surface area contributed by atoms with Crippen LogP contribution in [0.2, 0.25) is 0 Å². The molecule has 2 nitrogen and oxygen atoms in total. The Bertz CT molecular complexity index is 1560. The molecule has 0 fully saturated rings. The number of hydrogen-bond donors (Lipinski definition) is 1. The van der Waals surface area contributed by atoms with Crippen molar-refractivity contribution in [3.63, 3.8) is 0 Å². The van der Waals surface area contributed by atoms with Crippen molar-refractivity contribution in [3.8, 4) is 0 Å². The molecule has 3 aromatic carbocycles. The number of benzene rings is 3. The zero-order chi connectivity index (χ0) is 28.3. The second-order valence-electron chi connectivity index (χ2n) is 9.32. The van der Waals surface area contributed by atoms with Gasteiger partial charge in [-0.2, -0.15) is 0 Å². The van der Waals surface area contributed by atoms with Gasteiger partial charge in [0, 0.05) is 35.4 Å². The smallest absolute Gasteiger partial charge is 0.0432 e. The van der Waals surface area contributed by atoms with Crippen molar-refractivity contribution in [2.75, 3.05) is 6.66 Å². The molecule has 1 N–H and O–H groups in total. The highest BCUT2D eigenvalue weighted by Gasteiger charge is 2.16. The Balaban J connectivity index is 1.63. The number of fused-ring (bicyclic) bond motifs is 1. The first-order chi connectivity index (χ1) is 19.5. The normalized spacial score (nSPS) is 13.2. The van der Waals surface area contributed by atoms with E-state index in [0.29, 0.717) is 0 Å². The molecule has 40 heavy (non-hydrogen) atoms. The molecule has 1 aromatic heterocycles. The fraction of sp³-hybridized carbons (Fsp3) is 0.111. The highest BCUT2D eigenvalue weighted by Crippen LogP contribution is 2.50. The monoisotopic (exact) mass is 560 g/mol. The molecule has 1 atom stereocenters. The van der Waals surface area contributed by atoms with Crippen LogP contribution in [0.3, 0.4) is 0 Å². The molecule has 4 rings (SSSR count). The van der Waals surface area contributed by atoms with Gasteiger partial charge in [0.25, 0.3) is 0 Å². The van der Waals surface area contributed by atoms with Gasteiger partial charge in [0.15, 0.2) is 0 Å². The molecular weight excluding hydrogens is 523 g/mol. The van der Waals surface area contributed by atoms with Crippen LogP contribution in [0.1, 0.15) is 34.1 Å². The van der Waals surface area contributed by atoms with E-state index in [-0.39, 0.29) is 0 Å². The summed E-state index contributed by atoms with van der Waals surface area (Å²) in [5.41, 5.74) is 9.70. The summed E-state index contributed by atoms with van der Waals surface area (Å²) in [4.78, 5) is 1.27. The second kappa shape index (κ2) is 14.5. The molecule has 0 aliphatic rings. The van der Waals surface area contributed by atoms with E-state index in [1.54, 1.807) is 0 Å². The zero-order valence-electron chi connectivity index (χ0n) is 23.5. The molecule has 0 spiro atoms. The number of nitrogens with zero attached hydrogens (tertiary/aromatic N) is 1. The van der Waals surface area contributed by atoms with Gasteiger partial charge in [-0.1, -0.05) is 116 Å². The number of aryl methyl sites for hydroxylation is 1. The Morgan fingerprint density at radius 1 is 0.975 bits per heavy atom. The first kappa shape index (κ1) is 29.1. The molecule has 0 saturated heterocycles. The number of hydrazine groups is 1. The number of rotatable bonds is 12. The van der Waals surface area contributed by atoms with Gasteiger partial charge in [0.2, 0.25) is 0 Å². The Morgan fingerprint density at radius 2 is 1.70 bits per heavy atom. The molecule has 1 unspecified atom stereocenters. The van der Waals surface area contributed by atoms with Gasteiger partial charge in [-0.15, -0.1) is 11.3 Å². The molecular formula is C36H37N2PS. The van der Waals surface area contributed by atoms with Crippen molar-refractivity contribution in [1.29, 1.82) is 0 Å². The predicted octanol–water partition coefficient (Wildman–Crippen LogP) is 10.6. The minimum absolute atomic E-state index is 0.741. The van der Waals surface area contributed by atoms with Crippen LogP contribution in [0, 0.1) is 6.92 Å². The quantitative estimate of drug-likeness (QED) is 0.105. The molecule has 202 valence electrons. The zero-order valence-corrected chi connectivity index (χ0v) is 25.3. The van der Waals surface area contributed by atoms with E-state index in [1.165, 1.54) is 42.5 Å². The van der Waals surface area contributed by atoms with Gasteiger partial charge in [-0.25, -0.2) is 0 Å². The van der Waals surface area contributed by atoms with Gasteiger partial charge in [0.1, 0.15) is 0 Å². The van der Waals surface area contributed by atoms with E-state index in [1.807, 2.05) is 29.7 Å². The van der Waals surface area contributed by atoms with E-state index in [4.69, 9.17) is 0 Å². The SMILES string of the molecule is C=C/C=C\c1sc2cc(C(/C=C\C)=C\NN(C=C)P(C)/C(=C\Cc3ccccc3)c3ccccc3)ccc2c1C. The van der Waals surface area contributed by atoms with Crippen molar-refractivity contribution in [2.45, 2.75) is 20.3 Å². The first-order valence-electron chi connectivity index (χ1n) is 13.4. The summed E-state index contributed by atoms with van der Waals surface area (Å²) in [7, 11) is -0.741. The van der Waals surface area contributed by atoms with Gasteiger partial charge in [0.05, 0.1) is 0 Å². The van der Waals surface area contributed by atoms with Crippen molar-refractivity contribution >= 4 is 46.5 Å². The molecule has 0 amide bonds. The predicted molar refractivity (Wildman–Crippen MR) is 181 cm³/mol. The molecule has 4 heteroatoms. The van der Waals surface area contributed by atoms with Crippen molar-refractivity contribution < 1.29 is 0 Å². The summed E-state index contributed by atoms with van der Waals surface area (Å²) >= 11 is 1.82. The molecule has 0 aliphatic carbocycles. The molecule has 0 aliphatic heterocycles. The minimum Gasteiger partial charge on any atom is -0.302 e. The van der Waals surface area contributed by atoms with Crippen LogP contribution < -0.4 is 5.43 Å². The molecule has 0 saturated carbocycles. The average Bonchev–Trinajstić information content (AvgIpc) is 3.31. The summed E-state index contributed by atoms with van der Waals surface area (Å²) in [6.45, 7) is 14.5. The lowest BCUT2D eigenvalue weighted by molar-refractivity contribution is 0.531. The van der Waals surface area contributed by atoms with Crippen molar-refractivity contribution in [1.82, 2.24) is 10.2 Å². The van der Waals surface area contributed by atoms with E-state index in [2.05, 4.69) is 153 Å². The van der Waals surface area contributed by atoms with Crippen LogP contribution in [0.5, 0.6) is 0 Å². The third-order valence-electron chi connectivity index (χ3n) is 6.68. The number of hydrogen-bond acceptors (Lipinski definition) is 3. The number of nitrogens with one attached hydrogen (secondary N) is 1. The fourth-order valence-corrected chi connectivity index (χ4v) is 7.28. The van der Waals surface area contributed by atoms with E-state index < -0.39 is 8.07 Å². The summed E-state index contributed by atoms with van der Waals surface area (Å²) < 4.78 is 3.41. The number of thiophene rings is 1. The maximum Gasteiger partial charge on any atom is 0.0432 e. The lowest BCUT2D eigenvalue weighted by atomic mass is 10.0. The average molecular weight is 561 g/mol. The van der Waals surface area contributed by atoms with Crippen LogP contribution in [-0.4, -0.2) is 11.4 Å². The van der Waals surface area contributed by atoms with Gasteiger partial charge in [-0.05, 0) is 72.3 Å². The summed E-state index contributed by atoms with van der Waals surface area (Å²) in [5.74, 6) is 0. The lowest BCUT2D eigenvalue weighted by Gasteiger charge is -2.30. The Kier molecular flexibility index (Phi) is 10.5. The van der Waals surface area contributed by atoms with E-state index in [9.17, 15) is 0 Å². The van der Waals surface area contributed by atoms with Gasteiger partial charge >= 0.3 is 0 Å². The molecule has 4 aromatic rings. The van der Waals surface area contributed by atoms with Crippen LogP contribution >= 0.6 is 19.4 Å². The Hall–Kier alpha value is -3.91. The molecule has 1 heterocycles. The van der Waals surface area contributed by atoms with E-state index >= 15 is 0 Å². The summed E-state index contributed by atoms with van der Waals surface area (Å²) in [5, 5.41) is 2.61. The Labute approximate surface area is 244 Å². The fourth-order valence-electron chi connectivity index (χ4n) is 4.53. The lowest BCUT2D eigenvalue weighted by Crippen LogP contribution is -2.24. The third kappa shape index (κ3) is 7.18. The van der Waals surface area contributed by atoms with Gasteiger partial charge < -0.3 is 5.43 Å². The molecule has 0 bridgehead atoms. The first-order valence-corrected chi connectivity index (χ1v) is 16.0. The summed E-state index contributed by atoms with van der Waals surface area (Å²) in [6.07, 6.45) is 17.4. The topological polar surface area (TPSA) is 15.3 Å². The summed E-state index contributed by atoms with van der Waals surface area (Å²) in [6, 6.07) is 28.0. The highest BCUT2D eigenvalue weighted by molar-refractivity contribution is 7.65. The minimum atomic E-state index is -0.741. The highest BCUT2D eigenvalue weighted by atomic mass is 32.1. The molecule has 0 radical (unpaired) electrons. The van der Waals surface area contributed by atoms with Crippen LogP contribution in [-0.2, 0) is 6.42 Å². The van der Waals surface area contributed by atoms with Gasteiger partial charge in [-0.3, -0.25) is 4.78 Å². The van der Waals surface area contributed by atoms with E-state index in [0.717, 1.165) is 12.0 Å². The third-order valence-corrected chi connectivity index (χ3v) is 9.96. The van der Waals surface area contributed by atoms with Crippen LogP contribution in [0.25, 0.3) is 27.0 Å². The van der Waals surface area contributed by atoms with Crippen molar-refractivity contribution in [3.05, 3.63) is 162 Å². The second-order valence-corrected chi connectivity index (χ2v) is 12.4. The number of allylic oxidation sites excluding steroid dienone is 6. The van der Waals surface area contributed by atoms with Crippen LogP contribution in [0.4, 0.5) is 0 Å². The van der Waals surface area contributed by atoms with Crippen molar-refractivity contribution in [2.24, 2.45) is 0 Å². The van der Waals surface area contributed by atoms with Crippen LogP contribution in [0.15, 0.2) is 135 Å². The maximum absolute atomic E-state index is 4.14. The maximum atomic E-state index is 4.14. The standard InChI is InChI=1S/C36H37N2PS/c1-6-9-21-35-28(4)33-24-23-31(26-36(33)40-35)32(16-7-2)27-37-38(8-3)39(5)34(30-19-14-11-15-20-30)25-22-29-17-12-10-13-18-29/h6-21,23-27,37H,1,3,22H2,2,4-5H3/b16-7-,21-9-,32-27-,34-25-. The largest absolute Gasteiger partial charge is 0.302 e.